The predicted molar refractivity (Wildman–Crippen MR) is 75.4 cm³/mol. The normalized spacial score (nSPS) is 14.5. The van der Waals surface area contributed by atoms with Crippen molar-refractivity contribution in [1.82, 2.24) is 10.3 Å². The first-order valence-corrected chi connectivity index (χ1v) is 6.97. The molecule has 1 aromatic heterocycles. The Morgan fingerprint density at radius 1 is 1.35 bits per heavy atom. The summed E-state index contributed by atoms with van der Waals surface area (Å²) in [6.07, 6.45) is 4.18. The second-order valence-corrected chi connectivity index (χ2v) is 5.00. The Labute approximate surface area is 117 Å². The van der Waals surface area contributed by atoms with Crippen molar-refractivity contribution in [1.29, 1.82) is 0 Å². The Hall–Kier alpha value is -1.88. The van der Waals surface area contributed by atoms with Gasteiger partial charge in [0.25, 0.3) is 0 Å². The summed E-state index contributed by atoms with van der Waals surface area (Å²) in [4.78, 5) is 6.40. The van der Waals surface area contributed by atoms with Gasteiger partial charge < -0.3 is 9.73 Å². The number of oxazole rings is 1. The van der Waals surface area contributed by atoms with Crippen LogP contribution in [0.15, 0.2) is 34.9 Å². The highest BCUT2D eigenvalue weighted by molar-refractivity contribution is 5.55. The highest BCUT2D eigenvalue weighted by atomic mass is 19.1. The third-order valence-electron chi connectivity index (χ3n) is 3.37. The fraction of sp³-hybridized carbons (Fsp3) is 0.400. The van der Waals surface area contributed by atoms with Gasteiger partial charge in [0.05, 0.1) is 5.69 Å². The zero-order valence-electron chi connectivity index (χ0n) is 11.5. The van der Waals surface area contributed by atoms with Crippen LogP contribution in [0.5, 0.6) is 0 Å². The van der Waals surface area contributed by atoms with E-state index in [1.54, 1.807) is 18.4 Å². The molecule has 5 heteroatoms. The molecule has 0 atom stereocenters. The molecule has 0 amide bonds. The van der Waals surface area contributed by atoms with E-state index in [-0.39, 0.29) is 5.82 Å². The van der Waals surface area contributed by atoms with E-state index in [9.17, 15) is 4.39 Å². The molecular weight excluding hydrogens is 257 g/mol. The third-order valence-corrected chi connectivity index (χ3v) is 3.37. The summed E-state index contributed by atoms with van der Waals surface area (Å²) in [6.45, 7) is 3.45. The van der Waals surface area contributed by atoms with Gasteiger partial charge in [-0.05, 0) is 44.0 Å². The van der Waals surface area contributed by atoms with Gasteiger partial charge in [-0.15, -0.1) is 0 Å². The van der Waals surface area contributed by atoms with Crippen LogP contribution < -0.4 is 10.2 Å². The van der Waals surface area contributed by atoms with E-state index in [1.165, 1.54) is 25.0 Å². The summed E-state index contributed by atoms with van der Waals surface area (Å²) in [5.74, 6) is -0.244. The first-order chi connectivity index (χ1) is 9.76. The largest absolute Gasteiger partial charge is 0.431 e. The number of nitrogens with one attached hydrogen (secondary N) is 1. The lowest BCUT2D eigenvalue weighted by Crippen LogP contribution is -2.18. The first kappa shape index (κ1) is 13.1. The van der Waals surface area contributed by atoms with Crippen LogP contribution in [0.3, 0.4) is 0 Å². The predicted octanol–water partition coefficient (Wildman–Crippen LogP) is 3.22. The lowest BCUT2D eigenvalue weighted by Gasteiger charge is -2.18. The molecule has 1 heterocycles. The Morgan fingerprint density at radius 2 is 2.10 bits per heavy atom. The Kier molecular flexibility index (Phi) is 3.69. The Bertz CT molecular complexity index is 563. The van der Waals surface area contributed by atoms with Gasteiger partial charge in [0.15, 0.2) is 0 Å². The Morgan fingerprint density at radius 3 is 2.75 bits per heavy atom. The summed E-state index contributed by atoms with van der Waals surface area (Å²) < 4.78 is 18.5. The van der Waals surface area contributed by atoms with Gasteiger partial charge in [0.2, 0.25) is 0 Å². The molecule has 1 aliphatic carbocycles. The maximum absolute atomic E-state index is 13.0. The molecule has 0 bridgehead atoms. The first-order valence-electron chi connectivity index (χ1n) is 6.97. The lowest BCUT2D eigenvalue weighted by molar-refractivity contribution is 0.552. The molecule has 0 unspecified atom stereocenters. The molecule has 0 saturated heterocycles. The molecule has 106 valence electrons. The van der Waals surface area contributed by atoms with E-state index in [2.05, 4.69) is 10.3 Å². The number of aromatic nitrogens is 1. The maximum Gasteiger partial charge on any atom is 0.302 e. The number of halogens is 1. The van der Waals surface area contributed by atoms with Crippen molar-refractivity contribution in [3.05, 3.63) is 42.0 Å². The Balaban J connectivity index is 1.72. The molecule has 1 saturated carbocycles. The van der Waals surface area contributed by atoms with Crippen LogP contribution in [0.25, 0.3) is 0 Å². The molecule has 1 aromatic carbocycles. The van der Waals surface area contributed by atoms with Gasteiger partial charge in [-0.2, -0.15) is 4.98 Å². The van der Waals surface area contributed by atoms with E-state index in [1.807, 2.05) is 11.8 Å². The molecule has 2 aromatic rings. The average Bonchev–Trinajstić information content (AvgIpc) is 3.18. The highest BCUT2D eigenvalue weighted by Gasteiger charge is 2.21. The summed E-state index contributed by atoms with van der Waals surface area (Å²) in [6, 6.07) is 7.53. The van der Waals surface area contributed by atoms with Crippen molar-refractivity contribution in [2.75, 3.05) is 11.4 Å². The molecule has 3 rings (SSSR count). The molecule has 0 aliphatic heterocycles. The summed E-state index contributed by atoms with van der Waals surface area (Å²) in [5, 5.41) is 3.40. The van der Waals surface area contributed by atoms with Gasteiger partial charge in [-0.25, -0.2) is 4.39 Å². The molecule has 4 nitrogen and oxygen atoms in total. The fourth-order valence-electron chi connectivity index (χ4n) is 2.09. The van der Waals surface area contributed by atoms with Crippen molar-refractivity contribution in [3.63, 3.8) is 0 Å². The fourth-order valence-corrected chi connectivity index (χ4v) is 2.09. The SMILES string of the molecule is CCN(c1ccc(F)cc1)c1nc(CNC2CC2)co1. The molecule has 1 fully saturated rings. The quantitative estimate of drug-likeness (QED) is 0.879. The number of hydrogen-bond donors (Lipinski definition) is 1. The lowest BCUT2D eigenvalue weighted by atomic mass is 10.3. The van der Waals surface area contributed by atoms with Crippen molar-refractivity contribution >= 4 is 11.7 Å². The summed E-state index contributed by atoms with van der Waals surface area (Å²) in [5.41, 5.74) is 1.77. The number of anilines is 2. The summed E-state index contributed by atoms with van der Waals surface area (Å²) in [7, 11) is 0. The van der Waals surface area contributed by atoms with Gasteiger partial charge >= 0.3 is 6.01 Å². The van der Waals surface area contributed by atoms with Gasteiger partial charge in [-0.1, -0.05) is 0 Å². The highest BCUT2D eigenvalue weighted by Crippen LogP contribution is 2.25. The second-order valence-electron chi connectivity index (χ2n) is 5.00. The molecule has 0 spiro atoms. The molecule has 0 radical (unpaired) electrons. The van der Waals surface area contributed by atoms with Gasteiger partial charge in [-0.3, -0.25) is 4.90 Å². The maximum atomic E-state index is 13.0. The molecule has 1 N–H and O–H groups in total. The van der Waals surface area contributed by atoms with Crippen LogP contribution in [0.1, 0.15) is 25.5 Å². The van der Waals surface area contributed by atoms with Crippen LogP contribution >= 0.6 is 0 Å². The minimum atomic E-state index is -0.244. The van der Waals surface area contributed by atoms with Crippen LogP contribution in [0.2, 0.25) is 0 Å². The molecule has 1 aliphatic rings. The van der Waals surface area contributed by atoms with Crippen LogP contribution in [-0.2, 0) is 6.54 Å². The van der Waals surface area contributed by atoms with Crippen molar-refractivity contribution < 1.29 is 8.81 Å². The zero-order chi connectivity index (χ0) is 13.9. The van der Waals surface area contributed by atoms with E-state index < -0.39 is 0 Å². The van der Waals surface area contributed by atoms with Crippen LogP contribution in [0, 0.1) is 5.82 Å². The van der Waals surface area contributed by atoms with Gasteiger partial charge in [0, 0.05) is 24.8 Å². The van der Waals surface area contributed by atoms with E-state index in [0.717, 1.165) is 17.9 Å². The van der Waals surface area contributed by atoms with E-state index >= 15 is 0 Å². The van der Waals surface area contributed by atoms with E-state index in [0.29, 0.717) is 18.6 Å². The van der Waals surface area contributed by atoms with Crippen molar-refractivity contribution in [2.24, 2.45) is 0 Å². The smallest absolute Gasteiger partial charge is 0.302 e. The van der Waals surface area contributed by atoms with Crippen LogP contribution in [-0.4, -0.2) is 17.6 Å². The standard InChI is InChI=1S/C15H18FN3O/c1-2-19(14-7-3-11(16)4-8-14)15-18-13(10-20-15)9-17-12-5-6-12/h3-4,7-8,10,12,17H,2,5-6,9H2,1H3. The number of hydrogen-bond acceptors (Lipinski definition) is 4. The molecular formula is C15H18FN3O. The zero-order valence-corrected chi connectivity index (χ0v) is 11.5. The minimum Gasteiger partial charge on any atom is -0.431 e. The third kappa shape index (κ3) is 2.99. The molecule has 20 heavy (non-hydrogen) atoms. The van der Waals surface area contributed by atoms with Crippen molar-refractivity contribution in [3.8, 4) is 0 Å². The minimum absolute atomic E-state index is 0.244. The van der Waals surface area contributed by atoms with E-state index in [4.69, 9.17) is 4.42 Å². The van der Waals surface area contributed by atoms with Crippen LogP contribution in [0.4, 0.5) is 16.1 Å². The second kappa shape index (κ2) is 5.63. The average molecular weight is 275 g/mol. The number of nitrogens with zero attached hydrogens (tertiary/aromatic N) is 2. The number of benzene rings is 1. The van der Waals surface area contributed by atoms with Crippen molar-refractivity contribution in [2.45, 2.75) is 32.4 Å². The topological polar surface area (TPSA) is 41.3 Å². The van der Waals surface area contributed by atoms with Gasteiger partial charge in [0.1, 0.15) is 12.1 Å². The number of rotatable bonds is 6. The monoisotopic (exact) mass is 275 g/mol. The summed E-state index contributed by atoms with van der Waals surface area (Å²) >= 11 is 0.